The monoisotopic (exact) mass is 273 g/mol. The summed E-state index contributed by atoms with van der Waals surface area (Å²) in [6.07, 6.45) is 0.943. The van der Waals surface area contributed by atoms with Gasteiger partial charge in [0.25, 0.3) is 7.59 Å². The number of fused-ring (bicyclic) bond motifs is 1. The first-order valence-corrected chi connectivity index (χ1v) is 7.68. The molecular weight excluding hydrogens is 252 g/mol. The van der Waals surface area contributed by atoms with E-state index in [9.17, 15) is 4.57 Å². The smallest absolute Gasteiger partial charge is 0.271 e. The number of hydrogen-bond acceptors (Lipinski definition) is 1. The van der Waals surface area contributed by atoms with Crippen molar-refractivity contribution in [1.29, 1.82) is 0 Å². The first-order valence-electron chi connectivity index (χ1n) is 6.12. The third-order valence-electron chi connectivity index (χ3n) is 3.33. The molecule has 19 heavy (non-hydrogen) atoms. The van der Waals surface area contributed by atoms with Crippen LogP contribution in [0.1, 0.15) is 11.1 Å². The molecule has 0 aliphatic carbocycles. The van der Waals surface area contributed by atoms with Crippen LogP contribution >= 0.6 is 7.59 Å². The molecule has 0 amide bonds. The fraction of sp³-hybridized carbons (Fsp3) is 0.462. The Kier molecular flexibility index (Phi) is 5.76. The van der Waals surface area contributed by atoms with Gasteiger partial charge in [-0.25, -0.2) is 9.34 Å². The van der Waals surface area contributed by atoms with Crippen molar-refractivity contribution in [2.45, 2.75) is 6.42 Å². The average Bonchev–Trinajstić information content (AvgIpc) is 2.36. The fourth-order valence-electron chi connectivity index (χ4n) is 2.37. The zero-order chi connectivity index (χ0) is 13.3. The predicted molar refractivity (Wildman–Crippen MR) is 75.2 cm³/mol. The Labute approximate surface area is 128 Å². The molecule has 0 N–H and O–H groups in total. The summed E-state index contributed by atoms with van der Waals surface area (Å²) in [4.78, 5) is 0. The molecule has 0 bridgehead atoms. The molecule has 1 heterocycles. The van der Waals surface area contributed by atoms with E-state index in [0.29, 0.717) is 0 Å². The van der Waals surface area contributed by atoms with Gasteiger partial charge in [0.15, 0.2) is 0 Å². The number of benzene rings is 1. The Hall–Kier alpha value is -0.203. The third-order valence-corrected chi connectivity index (χ3v) is 6.40. The first kappa shape index (κ1) is 16.9. The summed E-state index contributed by atoms with van der Waals surface area (Å²) < 4.78 is 18.7. The minimum Gasteiger partial charge on any atom is -0.271 e. The van der Waals surface area contributed by atoms with Crippen molar-refractivity contribution >= 4 is 7.59 Å². The Balaban J connectivity index is 0.00000180. The maximum Gasteiger partial charge on any atom is 1.00 e. The van der Waals surface area contributed by atoms with Gasteiger partial charge in [-0.05, 0) is 34.7 Å². The van der Waals surface area contributed by atoms with Crippen LogP contribution in [0.4, 0.5) is 0 Å². The maximum absolute atomic E-state index is 13.1. The molecule has 0 fully saturated rings. The van der Waals surface area contributed by atoms with Crippen molar-refractivity contribution in [3.63, 3.8) is 0 Å². The molecule has 0 saturated carbocycles. The van der Waals surface area contributed by atoms with Crippen LogP contribution in [-0.4, -0.2) is 48.7 Å². The van der Waals surface area contributed by atoms with E-state index < -0.39 is 7.59 Å². The molecule has 0 aromatic heterocycles. The predicted octanol–water partition coefficient (Wildman–Crippen LogP) is -0.710. The van der Waals surface area contributed by atoms with Crippen LogP contribution < -0.4 is 18.9 Å². The topological polar surface area (TPSA) is 26.8 Å². The minimum atomic E-state index is -2.65. The van der Waals surface area contributed by atoms with Crippen molar-refractivity contribution in [3.05, 3.63) is 41.9 Å². The molecule has 0 saturated heterocycles. The summed E-state index contributed by atoms with van der Waals surface area (Å²) >= 11 is 0. The third kappa shape index (κ3) is 3.11. The summed E-state index contributed by atoms with van der Waals surface area (Å²) in [5, 5.41) is 0. The Morgan fingerprint density at radius 2 is 1.74 bits per heavy atom. The normalized spacial score (nSPS) is 15.9. The van der Waals surface area contributed by atoms with E-state index in [2.05, 4.69) is 18.2 Å². The minimum absolute atomic E-state index is 0. The second-order valence-electron chi connectivity index (χ2n) is 4.95. The summed E-state index contributed by atoms with van der Waals surface area (Å²) in [7, 11) is 4.83. The van der Waals surface area contributed by atoms with E-state index in [-0.39, 0.29) is 18.9 Å². The van der Waals surface area contributed by atoms with Gasteiger partial charge < -0.3 is 0 Å². The number of nitrogens with zero attached hydrogens (tertiary/aromatic N) is 3. The van der Waals surface area contributed by atoms with Gasteiger partial charge in [-0.1, -0.05) is 12.5 Å². The molecular formula is C13H21LiN3OP. The van der Waals surface area contributed by atoms with Crippen LogP contribution in [0.3, 0.4) is 0 Å². The van der Waals surface area contributed by atoms with Gasteiger partial charge in [-0.15, -0.1) is 24.2 Å². The average molecular weight is 273 g/mol. The van der Waals surface area contributed by atoms with Crippen molar-refractivity contribution in [3.8, 4) is 0 Å². The number of rotatable bonds is 3. The molecule has 4 nitrogen and oxygen atoms in total. The van der Waals surface area contributed by atoms with Crippen molar-refractivity contribution in [2.24, 2.45) is 0 Å². The fourth-order valence-corrected chi connectivity index (χ4v) is 4.64. The van der Waals surface area contributed by atoms with Crippen molar-refractivity contribution in [2.75, 3.05) is 34.7 Å². The van der Waals surface area contributed by atoms with Gasteiger partial charge in [0, 0.05) is 0 Å². The zero-order valence-electron chi connectivity index (χ0n) is 12.5. The van der Waals surface area contributed by atoms with Gasteiger partial charge >= 0.3 is 18.9 Å². The van der Waals surface area contributed by atoms with E-state index in [1.165, 1.54) is 11.1 Å². The molecule has 0 unspecified atom stereocenters. The largest absolute Gasteiger partial charge is 1.00 e. The van der Waals surface area contributed by atoms with Gasteiger partial charge in [0.2, 0.25) is 0 Å². The van der Waals surface area contributed by atoms with E-state index in [1.54, 1.807) is 0 Å². The first-order chi connectivity index (χ1) is 8.46. The Bertz CT molecular complexity index is 467. The Morgan fingerprint density at radius 1 is 1.16 bits per heavy atom. The molecule has 0 spiro atoms. The molecule has 6 heteroatoms. The van der Waals surface area contributed by atoms with Gasteiger partial charge in [-0.2, -0.15) is 11.6 Å². The van der Waals surface area contributed by atoms with Crippen LogP contribution in [-0.2, 0) is 11.0 Å². The van der Waals surface area contributed by atoms with Crippen LogP contribution in [0.15, 0.2) is 24.3 Å². The van der Waals surface area contributed by atoms with Gasteiger partial charge in [0.05, 0.1) is 0 Å². The second-order valence-corrected chi connectivity index (χ2v) is 8.09. The van der Waals surface area contributed by atoms with E-state index in [1.807, 2.05) is 54.8 Å². The van der Waals surface area contributed by atoms with Crippen LogP contribution in [0, 0.1) is 6.54 Å². The quantitative estimate of drug-likeness (QED) is 0.413. The maximum atomic E-state index is 13.1. The molecule has 1 aliphatic heterocycles. The standard InChI is InChI=1S/C13H21N3OP.Li/c1-14(2)18(17,15(3)4)16-10-9-12-7-5-6-8-13(12)11-16;/h5-8,11H,9-10H2,1-4H3;/q-1;+1. The molecule has 1 aliphatic rings. The zero-order valence-corrected chi connectivity index (χ0v) is 13.4. The molecule has 1 aromatic rings. The van der Waals surface area contributed by atoms with Crippen LogP contribution in [0.25, 0.3) is 0 Å². The van der Waals surface area contributed by atoms with Crippen LogP contribution in [0.2, 0.25) is 0 Å². The molecule has 2 rings (SSSR count). The van der Waals surface area contributed by atoms with E-state index >= 15 is 0 Å². The van der Waals surface area contributed by atoms with E-state index in [0.717, 1.165) is 13.0 Å². The Morgan fingerprint density at radius 3 is 2.32 bits per heavy atom. The molecule has 1 aromatic carbocycles. The SMILES string of the molecule is CN(C)P(=O)(N(C)C)N1[CH-]c2ccccc2CC1.[Li+]. The summed E-state index contributed by atoms with van der Waals surface area (Å²) in [6, 6.07) is 8.30. The summed E-state index contributed by atoms with van der Waals surface area (Å²) in [5.74, 6) is 0. The molecule has 100 valence electrons. The van der Waals surface area contributed by atoms with E-state index in [4.69, 9.17) is 0 Å². The van der Waals surface area contributed by atoms with Crippen molar-refractivity contribution in [1.82, 2.24) is 14.0 Å². The summed E-state index contributed by atoms with van der Waals surface area (Å²) in [5.41, 5.74) is 2.51. The van der Waals surface area contributed by atoms with Crippen LogP contribution in [0.5, 0.6) is 0 Å². The molecule has 0 radical (unpaired) electrons. The molecule has 0 atom stereocenters. The van der Waals surface area contributed by atoms with Crippen molar-refractivity contribution < 1.29 is 23.4 Å². The van der Waals surface area contributed by atoms with Gasteiger partial charge in [-0.3, -0.25) is 9.24 Å². The number of hydrogen-bond donors (Lipinski definition) is 0. The van der Waals surface area contributed by atoms with Gasteiger partial charge in [0.1, 0.15) is 0 Å². The second kappa shape index (κ2) is 6.50. The summed E-state index contributed by atoms with van der Waals surface area (Å²) in [6.45, 7) is 2.82.